The summed E-state index contributed by atoms with van der Waals surface area (Å²) in [6.07, 6.45) is 0.259. The van der Waals surface area contributed by atoms with E-state index in [-0.39, 0.29) is 28.7 Å². The molecule has 9 heteroatoms. The number of nitro groups is 1. The Balaban J connectivity index is 1.48. The highest BCUT2D eigenvalue weighted by molar-refractivity contribution is 7.13. The Labute approximate surface area is 159 Å². The molecular weight excluding hydrogens is 373 g/mol. The summed E-state index contributed by atoms with van der Waals surface area (Å²) in [5.74, 6) is -0.987. The number of carbonyl (C=O) groups is 2. The second kappa shape index (κ2) is 8.36. The van der Waals surface area contributed by atoms with Gasteiger partial charge in [-0.1, -0.05) is 23.5 Å². The Bertz CT molecular complexity index is 862. The van der Waals surface area contributed by atoms with E-state index in [0.29, 0.717) is 38.3 Å². The molecule has 0 N–H and O–H groups in total. The molecule has 3 rings (SSSR count). The molecule has 0 saturated carbocycles. The lowest BCUT2D eigenvalue weighted by molar-refractivity contribution is -0.380. The third-order valence-electron chi connectivity index (χ3n) is 4.51. The molecule has 1 aromatic heterocycles. The monoisotopic (exact) mass is 391 g/mol. The van der Waals surface area contributed by atoms with E-state index in [1.807, 2.05) is 0 Å². The van der Waals surface area contributed by atoms with Gasteiger partial charge in [-0.05, 0) is 12.1 Å². The summed E-state index contributed by atoms with van der Waals surface area (Å²) < 4.78 is 13.8. The molecule has 0 aliphatic carbocycles. The van der Waals surface area contributed by atoms with Gasteiger partial charge in [0.15, 0.2) is 5.78 Å². The molecule has 1 aromatic carbocycles. The van der Waals surface area contributed by atoms with Crippen LogP contribution < -0.4 is 0 Å². The second-order valence-corrected chi connectivity index (χ2v) is 7.11. The minimum Gasteiger partial charge on any atom is -0.336 e. The van der Waals surface area contributed by atoms with Crippen molar-refractivity contribution < 1.29 is 18.9 Å². The van der Waals surface area contributed by atoms with Crippen LogP contribution in [0.2, 0.25) is 0 Å². The Kier molecular flexibility index (Phi) is 5.92. The number of amides is 1. The molecule has 7 nitrogen and oxygen atoms in total. The Morgan fingerprint density at radius 1 is 1.19 bits per heavy atom. The normalized spacial score (nSPS) is 14.9. The third-order valence-corrected chi connectivity index (χ3v) is 5.39. The topological polar surface area (TPSA) is 83.8 Å². The van der Waals surface area contributed by atoms with Gasteiger partial charge in [-0.25, -0.2) is 4.39 Å². The van der Waals surface area contributed by atoms with Gasteiger partial charge in [-0.2, -0.15) is 0 Å². The first-order chi connectivity index (χ1) is 13.0. The predicted octanol–water partition coefficient (Wildman–Crippen LogP) is 2.83. The molecule has 1 aliphatic heterocycles. The summed E-state index contributed by atoms with van der Waals surface area (Å²) in [6.45, 7) is 2.63. The molecule has 2 heterocycles. The van der Waals surface area contributed by atoms with Crippen LogP contribution in [0.4, 0.5) is 9.39 Å². The lowest BCUT2D eigenvalue weighted by Gasteiger charge is -2.34. The molecular formula is C18H18FN3O4S. The van der Waals surface area contributed by atoms with E-state index in [0.717, 1.165) is 11.3 Å². The number of thiophene rings is 1. The van der Waals surface area contributed by atoms with Crippen molar-refractivity contribution in [1.82, 2.24) is 9.80 Å². The molecule has 1 fully saturated rings. The Morgan fingerprint density at radius 2 is 1.89 bits per heavy atom. The van der Waals surface area contributed by atoms with Crippen LogP contribution in [0.15, 0.2) is 35.7 Å². The molecule has 0 unspecified atom stereocenters. The highest BCUT2D eigenvalue weighted by atomic mass is 32.1. The van der Waals surface area contributed by atoms with Crippen molar-refractivity contribution >= 4 is 28.0 Å². The molecule has 1 saturated heterocycles. The fourth-order valence-electron chi connectivity index (χ4n) is 2.95. The van der Waals surface area contributed by atoms with Crippen molar-refractivity contribution in [2.24, 2.45) is 0 Å². The first kappa shape index (κ1) is 19.1. The third kappa shape index (κ3) is 4.55. The zero-order valence-electron chi connectivity index (χ0n) is 14.5. The summed E-state index contributed by atoms with van der Waals surface area (Å²) >= 11 is 0.942. The van der Waals surface area contributed by atoms with Gasteiger partial charge in [-0.3, -0.25) is 24.6 Å². The van der Waals surface area contributed by atoms with Crippen molar-refractivity contribution in [2.75, 3.05) is 32.7 Å². The number of rotatable bonds is 6. The highest BCUT2D eigenvalue weighted by Gasteiger charge is 2.24. The lowest BCUT2D eigenvalue weighted by Crippen LogP contribution is -2.49. The SMILES string of the molecule is O=C(CCN1CCN(C(=O)c2ccccc2F)CC1)c1csc([N+](=O)[O-])c1. The molecule has 0 bridgehead atoms. The zero-order valence-corrected chi connectivity index (χ0v) is 15.3. The van der Waals surface area contributed by atoms with E-state index in [4.69, 9.17) is 0 Å². The van der Waals surface area contributed by atoms with Crippen LogP contribution in [0.25, 0.3) is 0 Å². The van der Waals surface area contributed by atoms with Crippen molar-refractivity contribution in [2.45, 2.75) is 6.42 Å². The number of hydrogen-bond acceptors (Lipinski definition) is 6. The van der Waals surface area contributed by atoms with Crippen molar-refractivity contribution in [1.29, 1.82) is 0 Å². The van der Waals surface area contributed by atoms with Crippen LogP contribution in [0.3, 0.4) is 0 Å². The summed E-state index contributed by atoms with van der Waals surface area (Å²) in [4.78, 5) is 38.4. The largest absolute Gasteiger partial charge is 0.336 e. The smallest absolute Gasteiger partial charge is 0.324 e. The molecule has 1 amide bonds. The van der Waals surface area contributed by atoms with Crippen molar-refractivity contribution in [3.8, 4) is 0 Å². The van der Waals surface area contributed by atoms with Gasteiger partial charge in [0.25, 0.3) is 5.91 Å². The fraction of sp³-hybridized carbons (Fsp3) is 0.333. The van der Waals surface area contributed by atoms with Gasteiger partial charge >= 0.3 is 5.00 Å². The maximum absolute atomic E-state index is 13.8. The number of halogens is 1. The summed E-state index contributed by atoms with van der Waals surface area (Å²) in [5, 5.41) is 12.2. The van der Waals surface area contributed by atoms with Gasteiger partial charge in [0.1, 0.15) is 5.82 Å². The number of benzene rings is 1. The van der Waals surface area contributed by atoms with Crippen molar-refractivity contribution in [3.05, 3.63) is 62.8 Å². The number of ketones is 1. The van der Waals surface area contributed by atoms with Gasteiger partial charge in [0.2, 0.25) is 0 Å². The van der Waals surface area contributed by atoms with Crippen LogP contribution in [0.1, 0.15) is 27.1 Å². The number of hydrogen-bond donors (Lipinski definition) is 0. The molecule has 0 atom stereocenters. The van der Waals surface area contributed by atoms with Gasteiger partial charge in [0, 0.05) is 56.2 Å². The Morgan fingerprint density at radius 3 is 2.52 bits per heavy atom. The maximum Gasteiger partial charge on any atom is 0.324 e. The van der Waals surface area contributed by atoms with E-state index in [1.54, 1.807) is 17.0 Å². The van der Waals surface area contributed by atoms with Gasteiger partial charge in [0.05, 0.1) is 10.5 Å². The molecule has 0 radical (unpaired) electrons. The van der Waals surface area contributed by atoms with Crippen LogP contribution in [0, 0.1) is 15.9 Å². The molecule has 142 valence electrons. The van der Waals surface area contributed by atoms with E-state index in [9.17, 15) is 24.1 Å². The summed E-state index contributed by atoms with van der Waals surface area (Å²) in [7, 11) is 0. The average Bonchev–Trinajstić information content (AvgIpc) is 3.17. The number of piperazine rings is 1. The van der Waals surface area contributed by atoms with Gasteiger partial charge in [-0.15, -0.1) is 0 Å². The first-order valence-corrected chi connectivity index (χ1v) is 9.36. The maximum atomic E-state index is 13.8. The Hall–Kier alpha value is -2.65. The predicted molar refractivity (Wildman–Crippen MR) is 98.7 cm³/mol. The lowest BCUT2D eigenvalue weighted by atomic mass is 10.1. The molecule has 0 spiro atoms. The zero-order chi connectivity index (χ0) is 19.4. The van der Waals surface area contributed by atoms with E-state index < -0.39 is 10.7 Å². The highest BCUT2D eigenvalue weighted by Crippen LogP contribution is 2.23. The summed E-state index contributed by atoms with van der Waals surface area (Å²) in [5.41, 5.74) is 0.431. The molecule has 2 aromatic rings. The number of carbonyl (C=O) groups excluding carboxylic acids is 2. The van der Waals surface area contributed by atoms with E-state index in [2.05, 4.69) is 4.90 Å². The fourth-order valence-corrected chi connectivity index (χ4v) is 3.68. The summed E-state index contributed by atoms with van der Waals surface area (Å²) in [6, 6.07) is 7.22. The van der Waals surface area contributed by atoms with Crippen LogP contribution in [-0.4, -0.2) is 59.1 Å². The minimum atomic E-state index is -0.527. The second-order valence-electron chi connectivity index (χ2n) is 6.22. The van der Waals surface area contributed by atoms with E-state index >= 15 is 0 Å². The van der Waals surface area contributed by atoms with Crippen LogP contribution in [-0.2, 0) is 0 Å². The number of Topliss-reactive ketones (excluding diaryl/α,β-unsaturated/α-hetero) is 1. The quantitative estimate of drug-likeness (QED) is 0.430. The van der Waals surface area contributed by atoms with Gasteiger partial charge < -0.3 is 4.90 Å². The van der Waals surface area contributed by atoms with Crippen LogP contribution in [0.5, 0.6) is 0 Å². The van der Waals surface area contributed by atoms with E-state index in [1.165, 1.54) is 23.6 Å². The average molecular weight is 391 g/mol. The standard InChI is InChI=1S/C18H18FN3O4S/c19-15-4-2-1-3-14(15)18(24)21-9-7-20(8-10-21)6-5-16(23)13-11-17(22(25)26)27-12-13/h1-4,11-12H,5-10H2. The van der Waals surface area contributed by atoms with Crippen LogP contribution >= 0.6 is 11.3 Å². The first-order valence-electron chi connectivity index (χ1n) is 8.48. The van der Waals surface area contributed by atoms with Crippen molar-refractivity contribution in [3.63, 3.8) is 0 Å². The number of nitrogens with zero attached hydrogens (tertiary/aromatic N) is 3. The molecule has 27 heavy (non-hydrogen) atoms. The molecule has 1 aliphatic rings. The minimum absolute atomic E-state index is 0.0429.